The maximum Gasteiger partial charge on any atom is 0.406 e. The van der Waals surface area contributed by atoms with Crippen LogP contribution in [0, 0.1) is 0 Å². The van der Waals surface area contributed by atoms with Gasteiger partial charge in [0.2, 0.25) is 0 Å². The Balaban J connectivity index is 3.04. The van der Waals surface area contributed by atoms with Crippen LogP contribution in [-0.4, -0.2) is 46.1 Å². The molecule has 0 unspecified atom stereocenters. The lowest BCUT2D eigenvalue weighted by Gasteiger charge is -2.21. The molecular weight excluding hydrogens is 269 g/mol. The molecule has 1 aromatic rings. The maximum absolute atomic E-state index is 12.3. The first-order valence-corrected chi connectivity index (χ1v) is 4.96. The molecule has 0 aromatic carbocycles. The molecule has 6 nitrogen and oxygen atoms in total. The van der Waals surface area contributed by atoms with Crippen LogP contribution < -0.4 is 5.56 Å². The topological polar surface area (TPSA) is 90.5 Å². The fraction of sp³-hybridized carbons (Fsp3) is 0.300. The van der Waals surface area contributed by atoms with Gasteiger partial charge in [-0.15, -0.1) is 0 Å². The summed E-state index contributed by atoms with van der Waals surface area (Å²) in [7, 11) is 0. The third-order valence-corrected chi connectivity index (χ3v) is 2.03. The number of alkyl halides is 3. The van der Waals surface area contributed by atoms with Gasteiger partial charge in [0.1, 0.15) is 18.7 Å². The number of hydrogen-bond acceptors (Lipinski definition) is 3. The van der Waals surface area contributed by atoms with E-state index in [1.165, 1.54) is 12.3 Å². The van der Waals surface area contributed by atoms with Gasteiger partial charge in [-0.25, -0.2) is 0 Å². The molecule has 0 spiro atoms. The van der Waals surface area contributed by atoms with E-state index in [9.17, 15) is 27.6 Å². The van der Waals surface area contributed by atoms with Crippen molar-refractivity contribution >= 4 is 11.9 Å². The van der Waals surface area contributed by atoms with E-state index in [1.807, 2.05) is 0 Å². The predicted octanol–water partition coefficient (Wildman–Crippen LogP) is 0.464. The number of aromatic nitrogens is 1. The Morgan fingerprint density at radius 2 is 2.00 bits per heavy atom. The summed E-state index contributed by atoms with van der Waals surface area (Å²) in [5.41, 5.74) is -1.43. The van der Waals surface area contributed by atoms with Crippen molar-refractivity contribution in [2.75, 3.05) is 13.1 Å². The van der Waals surface area contributed by atoms with Crippen molar-refractivity contribution in [2.24, 2.45) is 0 Å². The van der Waals surface area contributed by atoms with Gasteiger partial charge in [0.05, 0.1) is 0 Å². The Morgan fingerprint density at radius 1 is 1.37 bits per heavy atom. The number of aromatic amines is 1. The van der Waals surface area contributed by atoms with E-state index in [-0.39, 0.29) is 4.90 Å². The zero-order chi connectivity index (χ0) is 14.6. The van der Waals surface area contributed by atoms with Crippen LogP contribution >= 0.6 is 0 Å². The lowest BCUT2D eigenvalue weighted by atomic mass is 10.2. The lowest BCUT2D eigenvalue weighted by Crippen LogP contribution is -2.43. The first-order chi connectivity index (χ1) is 8.70. The van der Waals surface area contributed by atoms with Crippen molar-refractivity contribution in [2.45, 2.75) is 6.18 Å². The number of H-pyrrole nitrogens is 1. The lowest BCUT2D eigenvalue weighted by molar-refractivity contribution is -0.149. The fourth-order valence-corrected chi connectivity index (χ4v) is 1.34. The Kier molecular flexibility index (Phi) is 4.30. The van der Waals surface area contributed by atoms with Crippen molar-refractivity contribution in [3.05, 3.63) is 34.2 Å². The molecule has 0 saturated heterocycles. The maximum atomic E-state index is 12.3. The number of nitrogens with zero attached hydrogens (tertiary/aromatic N) is 1. The quantitative estimate of drug-likeness (QED) is 0.837. The van der Waals surface area contributed by atoms with E-state index in [2.05, 4.69) is 4.98 Å². The molecule has 0 fully saturated rings. The van der Waals surface area contributed by atoms with E-state index >= 15 is 0 Å². The summed E-state index contributed by atoms with van der Waals surface area (Å²) in [5, 5.41) is 8.50. The molecule has 9 heteroatoms. The van der Waals surface area contributed by atoms with Crippen LogP contribution in [0.15, 0.2) is 23.1 Å². The summed E-state index contributed by atoms with van der Waals surface area (Å²) in [6, 6.07) is 2.27. The number of halogens is 3. The molecule has 1 aromatic heterocycles. The van der Waals surface area contributed by atoms with Gasteiger partial charge in [-0.2, -0.15) is 13.2 Å². The molecule has 0 saturated carbocycles. The summed E-state index contributed by atoms with van der Waals surface area (Å²) in [5.74, 6) is -2.90. The largest absolute Gasteiger partial charge is 0.480 e. The molecular formula is C10H9F3N2O4. The standard InChI is InChI=1S/C10H9F3N2O4/c11-10(12,13)5-15(4-7(16)17)9(19)6-2-1-3-14-8(6)18/h1-3H,4-5H2,(H,14,18)(H,16,17). The van der Waals surface area contributed by atoms with Crippen LogP contribution in [0.3, 0.4) is 0 Å². The van der Waals surface area contributed by atoms with Crippen molar-refractivity contribution in [1.82, 2.24) is 9.88 Å². The van der Waals surface area contributed by atoms with Gasteiger partial charge in [0.25, 0.3) is 11.5 Å². The van der Waals surface area contributed by atoms with E-state index in [0.717, 1.165) is 6.07 Å². The van der Waals surface area contributed by atoms with E-state index < -0.39 is 42.3 Å². The average molecular weight is 278 g/mol. The van der Waals surface area contributed by atoms with Crippen molar-refractivity contribution in [1.29, 1.82) is 0 Å². The third-order valence-electron chi connectivity index (χ3n) is 2.03. The number of carbonyl (C=O) groups excluding carboxylic acids is 1. The Labute approximate surface area is 104 Å². The number of amides is 1. The van der Waals surface area contributed by atoms with Crippen molar-refractivity contribution in [3.8, 4) is 0 Å². The molecule has 0 bridgehead atoms. The van der Waals surface area contributed by atoms with E-state index in [1.54, 1.807) is 0 Å². The van der Waals surface area contributed by atoms with Gasteiger partial charge in [-0.05, 0) is 12.1 Å². The molecule has 104 valence electrons. The van der Waals surface area contributed by atoms with Crippen LogP contribution in [0.25, 0.3) is 0 Å². The van der Waals surface area contributed by atoms with Gasteiger partial charge in [-0.1, -0.05) is 0 Å². The first-order valence-electron chi connectivity index (χ1n) is 4.96. The number of aliphatic carboxylic acids is 1. The van der Waals surface area contributed by atoms with Crippen molar-refractivity contribution in [3.63, 3.8) is 0 Å². The van der Waals surface area contributed by atoms with Crippen LogP contribution in [0.4, 0.5) is 13.2 Å². The fourth-order valence-electron chi connectivity index (χ4n) is 1.34. The van der Waals surface area contributed by atoms with Gasteiger partial charge in [0, 0.05) is 6.20 Å². The minimum Gasteiger partial charge on any atom is -0.480 e. The van der Waals surface area contributed by atoms with Crippen LogP contribution in [0.1, 0.15) is 10.4 Å². The van der Waals surface area contributed by atoms with Crippen LogP contribution in [0.5, 0.6) is 0 Å². The zero-order valence-corrected chi connectivity index (χ0v) is 9.40. The highest BCUT2D eigenvalue weighted by Gasteiger charge is 2.34. The molecule has 1 amide bonds. The highest BCUT2D eigenvalue weighted by atomic mass is 19.4. The Hall–Kier alpha value is -2.32. The zero-order valence-electron chi connectivity index (χ0n) is 9.40. The smallest absolute Gasteiger partial charge is 0.406 e. The molecule has 1 rings (SSSR count). The summed E-state index contributed by atoms with van der Waals surface area (Å²) >= 11 is 0. The predicted molar refractivity (Wildman–Crippen MR) is 56.7 cm³/mol. The van der Waals surface area contributed by atoms with Crippen molar-refractivity contribution < 1.29 is 27.9 Å². The summed E-state index contributed by atoms with van der Waals surface area (Å²) < 4.78 is 36.8. The van der Waals surface area contributed by atoms with E-state index in [4.69, 9.17) is 5.11 Å². The van der Waals surface area contributed by atoms with Crippen LogP contribution in [-0.2, 0) is 4.79 Å². The third kappa shape index (κ3) is 4.45. The normalized spacial score (nSPS) is 11.1. The minimum absolute atomic E-state index is 0.0485. The second-order valence-electron chi connectivity index (χ2n) is 3.58. The second kappa shape index (κ2) is 5.55. The molecule has 0 aliphatic heterocycles. The highest BCUT2D eigenvalue weighted by molar-refractivity contribution is 5.95. The number of carboxylic acids is 1. The Morgan fingerprint density at radius 3 is 2.47 bits per heavy atom. The molecule has 1 heterocycles. The number of carbonyl (C=O) groups is 2. The SMILES string of the molecule is O=C(O)CN(CC(F)(F)F)C(=O)c1ccc[nH]c1=O. The summed E-state index contributed by atoms with van der Waals surface area (Å²) in [6.45, 7) is -2.89. The molecule has 2 N–H and O–H groups in total. The van der Waals surface area contributed by atoms with Gasteiger partial charge >= 0.3 is 12.1 Å². The molecule has 0 aliphatic carbocycles. The van der Waals surface area contributed by atoms with E-state index in [0.29, 0.717) is 0 Å². The average Bonchev–Trinajstić information content (AvgIpc) is 2.25. The van der Waals surface area contributed by atoms with Gasteiger partial charge in [0.15, 0.2) is 0 Å². The summed E-state index contributed by atoms with van der Waals surface area (Å²) in [6.07, 6.45) is -3.56. The summed E-state index contributed by atoms with van der Waals surface area (Å²) in [4.78, 5) is 35.6. The molecule has 0 aliphatic rings. The Bertz CT molecular complexity index is 538. The first kappa shape index (κ1) is 14.7. The van der Waals surface area contributed by atoms with Crippen LogP contribution in [0.2, 0.25) is 0 Å². The minimum atomic E-state index is -4.76. The number of nitrogens with one attached hydrogen (secondary N) is 1. The highest BCUT2D eigenvalue weighted by Crippen LogP contribution is 2.17. The van der Waals surface area contributed by atoms with Gasteiger partial charge in [-0.3, -0.25) is 14.4 Å². The monoisotopic (exact) mass is 278 g/mol. The number of hydrogen-bond donors (Lipinski definition) is 2. The number of carboxylic acid groups (broad SMARTS) is 1. The van der Waals surface area contributed by atoms with Gasteiger partial charge < -0.3 is 15.0 Å². The number of rotatable bonds is 4. The second-order valence-corrected chi connectivity index (χ2v) is 3.58. The molecule has 0 atom stereocenters. The molecule has 19 heavy (non-hydrogen) atoms. The molecule has 0 radical (unpaired) electrons. The number of pyridine rings is 1.